The van der Waals surface area contributed by atoms with Gasteiger partial charge in [-0.3, -0.25) is 9.79 Å². The number of rotatable bonds is 6. The van der Waals surface area contributed by atoms with E-state index in [2.05, 4.69) is 20.4 Å². The number of methoxy groups -OCH3 is 1. The second kappa shape index (κ2) is 7.14. The van der Waals surface area contributed by atoms with Gasteiger partial charge in [-0.1, -0.05) is 6.92 Å². The molecule has 1 aliphatic carbocycles. The van der Waals surface area contributed by atoms with Crippen molar-refractivity contribution in [3.63, 3.8) is 0 Å². The van der Waals surface area contributed by atoms with E-state index in [4.69, 9.17) is 0 Å². The van der Waals surface area contributed by atoms with Crippen molar-refractivity contribution < 1.29 is 9.53 Å². The standard InChI is InChI=1S/C12H23N3O2/c1-4-13-12(15-8-10-5-6-10)14-7-9(2)11(16)17-3/h9-10H,4-8H2,1-3H3,(H2,13,14,15). The molecule has 1 aliphatic rings. The fourth-order valence-corrected chi connectivity index (χ4v) is 1.41. The van der Waals surface area contributed by atoms with Gasteiger partial charge in [-0.25, -0.2) is 0 Å². The fourth-order valence-electron chi connectivity index (χ4n) is 1.41. The molecule has 0 heterocycles. The van der Waals surface area contributed by atoms with E-state index >= 15 is 0 Å². The molecule has 5 nitrogen and oxygen atoms in total. The van der Waals surface area contributed by atoms with Crippen LogP contribution in [0.25, 0.3) is 0 Å². The number of aliphatic imine (C=N–C) groups is 1. The van der Waals surface area contributed by atoms with Crippen LogP contribution in [0.3, 0.4) is 0 Å². The van der Waals surface area contributed by atoms with E-state index in [1.807, 2.05) is 13.8 Å². The number of carbonyl (C=O) groups is 1. The Morgan fingerprint density at radius 1 is 1.47 bits per heavy atom. The second-order valence-electron chi connectivity index (χ2n) is 4.47. The molecule has 0 aromatic heterocycles. The molecule has 0 spiro atoms. The third-order valence-corrected chi connectivity index (χ3v) is 2.73. The lowest BCUT2D eigenvalue weighted by molar-refractivity contribution is -0.144. The first kappa shape index (κ1) is 13.8. The van der Waals surface area contributed by atoms with Crippen LogP contribution in [0.2, 0.25) is 0 Å². The highest BCUT2D eigenvalue weighted by molar-refractivity contribution is 5.80. The Bertz CT molecular complexity index is 275. The van der Waals surface area contributed by atoms with E-state index < -0.39 is 0 Å². The van der Waals surface area contributed by atoms with Gasteiger partial charge in [0.1, 0.15) is 0 Å². The number of nitrogens with one attached hydrogen (secondary N) is 2. The first-order valence-electron chi connectivity index (χ1n) is 6.27. The maximum Gasteiger partial charge on any atom is 0.310 e. The minimum atomic E-state index is -0.216. The van der Waals surface area contributed by atoms with Gasteiger partial charge in [0.25, 0.3) is 0 Å². The Morgan fingerprint density at radius 3 is 2.71 bits per heavy atom. The van der Waals surface area contributed by atoms with E-state index in [9.17, 15) is 4.79 Å². The largest absolute Gasteiger partial charge is 0.469 e. The highest BCUT2D eigenvalue weighted by Crippen LogP contribution is 2.27. The lowest BCUT2D eigenvalue weighted by atomic mass is 10.2. The van der Waals surface area contributed by atoms with E-state index in [0.29, 0.717) is 6.54 Å². The molecule has 2 N–H and O–H groups in total. The van der Waals surface area contributed by atoms with Crippen LogP contribution < -0.4 is 10.6 Å². The van der Waals surface area contributed by atoms with Crippen LogP contribution in [-0.4, -0.2) is 38.7 Å². The Hall–Kier alpha value is -1.26. The smallest absolute Gasteiger partial charge is 0.310 e. The maximum atomic E-state index is 11.2. The summed E-state index contributed by atoms with van der Waals surface area (Å²) in [4.78, 5) is 15.6. The first-order chi connectivity index (χ1) is 8.17. The molecule has 1 unspecified atom stereocenters. The Kier molecular flexibility index (Phi) is 5.80. The molecule has 1 atom stereocenters. The van der Waals surface area contributed by atoms with Crippen molar-refractivity contribution in [2.45, 2.75) is 26.7 Å². The van der Waals surface area contributed by atoms with Crippen molar-refractivity contribution in [3.05, 3.63) is 0 Å². The minimum Gasteiger partial charge on any atom is -0.469 e. The first-order valence-corrected chi connectivity index (χ1v) is 6.27. The molecular weight excluding hydrogens is 218 g/mol. The predicted octanol–water partition coefficient (Wildman–Crippen LogP) is 0.761. The summed E-state index contributed by atoms with van der Waals surface area (Å²) in [6.45, 7) is 6.09. The molecule has 5 heteroatoms. The van der Waals surface area contributed by atoms with Gasteiger partial charge in [0.15, 0.2) is 5.96 Å². The molecule has 0 radical (unpaired) electrons. The van der Waals surface area contributed by atoms with Gasteiger partial charge in [0.2, 0.25) is 0 Å². The van der Waals surface area contributed by atoms with Crippen LogP contribution in [0.4, 0.5) is 0 Å². The molecule has 1 fully saturated rings. The Balaban J connectivity index is 2.35. The van der Waals surface area contributed by atoms with Crippen LogP contribution in [0.5, 0.6) is 0 Å². The number of ether oxygens (including phenoxy) is 1. The number of guanidine groups is 1. The molecule has 0 aliphatic heterocycles. The molecule has 0 saturated heterocycles. The lowest BCUT2D eigenvalue weighted by Crippen LogP contribution is -2.38. The second-order valence-corrected chi connectivity index (χ2v) is 4.47. The van der Waals surface area contributed by atoms with Crippen molar-refractivity contribution in [2.24, 2.45) is 16.8 Å². The highest BCUT2D eigenvalue weighted by Gasteiger charge is 2.21. The summed E-state index contributed by atoms with van der Waals surface area (Å²) < 4.78 is 4.66. The van der Waals surface area contributed by atoms with Crippen LogP contribution in [0.15, 0.2) is 4.99 Å². The van der Waals surface area contributed by atoms with Gasteiger partial charge < -0.3 is 15.4 Å². The van der Waals surface area contributed by atoms with Gasteiger partial charge in [-0.05, 0) is 25.7 Å². The van der Waals surface area contributed by atoms with Crippen LogP contribution in [0, 0.1) is 11.8 Å². The lowest BCUT2D eigenvalue weighted by Gasteiger charge is -2.12. The topological polar surface area (TPSA) is 62.7 Å². The van der Waals surface area contributed by atoms with Crippen LogP contribution in [0.1, 0.15) is 26.7 Å². The highest BCUT2D eigenvalue weighted by atomic mass is 16.5. The molecule has 17 heavy (non-hydrogen) atoms. The van der Waals surface area contributed by atoms with Crippen LogP contribution in [-0.2, 0) is 9.53 Å². The summed E-state index contributed by atoms with van der Waals surface area (Å²) in [6.07, 6.45) is 2.62. The number of nitrogens with zero attached hydrogens (tertiary/aromatic N) is 1. The molecule has 0 aromatic rings. The number of hydrogen-bond donors (Lipinski definition) is 2. The molecule has 98 valence electrons. The average Bonchev–Trinajstić information content (AvgIpc) is 3.15. The van der Waals surface area contributed by atoms with Gasteiger partial charge >= 0.3 is 5.97 Å². The van der Waals surface area contributed by atoms with Gasteiger partial charge in [0, 0.05) is 13.1 Å². The number of hydrogen-bond acceptors (Lipinski definition) is 3. The summed E-state index contributed by atoms with van der Waals surface area (Å²) >= 11 is 0. The normalized spacial score (nSPS) is 17.5. The quantitative estimate of drug-likeness (QED) is 0.409. The molecule has 0 aromatic carbocycles. The monoisotopic (exact) mass is 241 g/mol. The zero-order valence-electron chi connectivity index (χ0n) is 11.0. The zero-order chi connectivity index (χ0) is 12.7. The summed E-state index contributed by atoms with van der Waals surface area (Å²) in [6, 6.07) is 0. The molecular formula is C12H23N3O2. The van der Waals surface area contributed by atoms with E-state index in [0.717, 1.165) is 25.0 Å². The maximum absolute atomic E-state index is 11.2. The van der Waals surface area contributed by atoms with Crippen molar-refractivity contribution in [3.8, 4) is 0 Å². The Morgan fingerprint density at radius 2 is 2.18 bits per heavy atom. The van der Waals surface area contributed by atoms with E-state index in [-0.39, 0.29) is 11.9 Å². The van der Waals surface area contributed by atoms with Gasteiger partial charge in [-0.2, -0.15) is 0 Å². The summed E-state index contributed by atoms with van der Waals surface area (Å²) in [5.74, 6) is 1.18. The fraction of sp³-hybridized carbons (Fsp3) is 0.833. The minimum absolute atomic E-state index is 0.198. The van der Waals surface area contributed by atoms with E-state index in [1.54, 1.807) is 0 Å². The zero-order valence-corrected chi connectivity index (χ0v) is 11.0. The number of esters is 1. The third kappa shape index (κ3) is 5.56. The third-order valence-electron chi connectivity index (χ3n) is 2.73. The number of carbonyl (C=O) groups excluding carboxylic acids is 1. The van der Waals surface area contributed by atoms with E-state index in [1.165, 1.54) is 20.0 Å². The van der Waals surface area contributed by atoms with Crippen molar-refractivity contribution in [2.75, 3.05) is 26.7 Å². The predicted molar refractivity (Wildman–Crippen MR) is 67.9 cm³/mol. The molecule has 0 amide bonds. The molecule has 1 rings (SSSR count). The van der Waals surface area contributed by atoms with Gasteiger partial charge in [0.05, 0.1) is 19.6 Å². The molecule has 1 saturated carbocycles. The summed E-state index contributed by atoms with van der Waals surface area (Å²) in [5.41, 5.74) is 0. The SMILES string of the molecule is CCNC(=NCC(C)C(=O)OC)NCC1CC1. The van der Waals surface area contributed by atoms with Crippen molar-refractivity contribution in [1.29, 1.82) is 0 Å². The summed E-state index contributed by atoms with van der Waals surface area (Å²) in [7, 11) is 1.40. The van der Waals surface area contributed by atoms with Crippen LogP contribution >= 0.6 is 0 Å². The van der Waals surface area contributed by atoms with Crippen molar-refractivity contribution >= 4 is 11.9 Å². The molecule has 0 bridgehead atoms. The summed E-state index contributed by atoms with van der Waals surface area (Å²) in [5, 5.41) is 6.45. The average molecular weight is 241 g/mol. The van der Waals surface area contributed by atoms with Gasteiger partial charge in [-0.15, -0.1) is 0 Å². The Labute approximate surface area is 103 Å². The van der Waals surface area contributed by atoms with Crippen molar-refractivity contribution in [1.82, 2.24) is 10.6 Å².